The number of nitrogens with zero attached hydrogens (tertiary/aromatic N) is 1. The molecular weight excluding hydrogens is 196 g/mol. The van der Waals surface area contributed by atoms with Gasteiger partial charge in [-0.05, 0) is 45.1 Å². The number of nitrogens with two attached hydrogens (primary N) is 1. The molecule has 0 aromatic rings. The Balaban J connectivity index is 1.79. The van der Waals surface area contributed by atoms with Crippen molar-refractivity contribution in [3.63, 3.8) is 0 Å². The van der Waals surface area contributed by atoms with E-state index in [2.05, 4.69) is 11.8 Å². The fourth-order valence-electron chi connectivity index (χ4n) is 3.41. The molecule has 16 heavy (non-hydrogen) atoms. The molecule has 94 valence electrons. The Kier molecular flexibility index (Phi) is 4.66. The van der Waals surface area contributed by atoms with E-state index in [0.717, 1.165) is 5.92 Å². The van der Waals surface area contributed by atoms with Gasteiger partial charge in [-0.25, -0.2) is 0 Å². The molecule has 0 aromatic carbocycles. The molecule has 0 bridgehead atoms. The first-order valence-electron chi connectivity index (χ1n) is 7.25. The summed E-state index contributed by atoms with van der Waals surface area (Å²) in [5, 5.41) is 0. The van der Waals surface area contributed by atoms with Crippen LogP contribution in [0.15, 0.2) is 0 Å². The van der Waals surface area contributed by atoms with Crippen LogP contribution >= 0.6 is 0 Å². The lowest BCUT2D eigenvalue weighted by Crippen LogP contribution is -2.47. The molecule has 1 saturated carbocycles. The smallest absolute Gasteiger partial charge is 0.00817 e. The largest absolute Gasteiger partial charge is 0.328 e. The monoisotopic (exact) mass is 224 g/mol. The molecule has 2 rings (SSSR count). The minimum atomic E-state index is 0.459. The zero-order valence-corrected chi connectivity index (χ0v) is 10.8. The van der Waals surface area contributed by atoms with Crippen molar-refractivity contribution >= 4 is 0 Å². The highest BCUT2D eigenvalue weighted by Crippen LogP contribution is 2.26. The third-order valence-electron chi connectivity index (χ3n) is 4.52. The van der Waals surface area contributed by atoms with Gasteiger partial charge in [-0.15, -0.1) is 0 Å². The Bertz CT molecular complexity index is 197. The lowest BCUT2D eigenvalue weighted by molar-refractivity contribution is 0.121. The highest BCUT2D eigenvalue weighted by molar-refractivity contribution is 4.82. The maximum absolute atomic E-state index is 6.02. The summed E-state index contributed by atoms with van der Waals surface area (Å²) >= 11 is 0. The van der Waals surface area contributed by atoms with Crippen LogP contribution in [0, 0.1) is 5.92 Å². The predicted octanol–water partition coefficient (Wildman–Crippen LogP) is 2.77. The normalized spacial score (nSPS) is 34.9. The van der Waals surface area contributed by atoms with Gasteiger partial charge in [0.15, 0.2) is 0 Å². The van der Waals surface area contributed by atoms with Gasteiger partial charge in [-0.1, -0.05) is 25.7 Å². The van der Waals surface area contributed by atoms with Crippen LogP contribution in [0.25, 0.3) is 0 Å². The van der Waals surface area contributed by atoms with Gasteiger partial charge in [0.1, 0.15) is 0 Å². The maximum atomic E-state index is 6.02. The van der Waals surface area contributed by atoms with Gasteiger partial charge in [-0.2, -0.15) is 0 Å². The first-order chi connectivity index (χ1) is 7.75. The molecular formula is C14H28N2. The summed E-state index contributed by atoms with van der Waals surface area (Å²) < 4.78 is 0. The van der Waals surface area contributed by atoms with Crippen LogP contribution in [0.4, 0.5) is 0 Å². The van der Waals surface area contributed by atoms with E-state index in [-0.39, 0.29) is 0 Å². The Morgan fingerprint density at radius 1 is 1.06 bits per heavy atom. The summed E-state index contributed by atoms with van der Waals surface area (Å²) in [5.74, 6) is 0.972. The summed E-state index contributed by atoms with van der Waals surface area (Å²) in [6.45, 7) is 4.93. The first-order valence-corrected chi connectivity index (χ1v) is 7.25. The molecule has 1 heterocycles. The van der Waals surface area contributed by atoms with Crippen LogP contribution < -0.4 is 5.73 Å². The minimum Gasteiger partial charge on any atom is -0.328 e. The van der Waals surface area contributed by atoms with Gasteiger partial charge in [0.25, 0.3) is 0 Å². The topological polar surface area (TPSA) is 29.3 Å². The average Bonchev–Trinajstić information content (AvgIpc) is 2.51. The minimum absolute atomic E-state index is 0.459. The van der Waals surface area contributed by atoms with Crippen LogP contribution in [-0.2, 0) is 0 Å². The molecule has 0 aromatic heterocycles. The molecule has 1 aliphatic heterocycles. The molecule has 2 N–H and O–H groups in total. The average molecular weight is 224 g/mol. The highest BCUT2D eigenvalue weighted by atomic mass is 15.2. The lowest BCUT2D eigenvalue weighted by Gasteiger charge is -2.38. The lowest BCUT2D eigenvalue weighted by atomic mass is 9.94. The Labute approximate surface area is 101 Å². The van der Waals surface area contributed by atoms with E-state index < -0.39 is 0 Å². The maximum Gasteiger partial charge on any atom is 0.00817 e. The van der Waals surface area contributed by atoms with Crippen molar-refractivity contribution in [2.45, 2.75) is 70.4 Å². The number of rotatable bonds is 2. The van der Waals surface area contributed by atoms with Crippen molar-refractivity contribution in [1.29, 1.82) is 0 Å². The molecule has 2 fully saturated rings. The number of piperidine rings is 1. The molecule has 1 aliphatic carbocycles. The second-order valence-electron chi connectivity index (χ2n) is 5.99. The fourth-order valence-corrected chi connectivity index (χ4v) is 3.41. The molecule has 0 radical (unpaired) electrons. The van der Waals surface area contributed by atoms with Gasteiger partial charge in [0.05, 0.1) is 0 Å². The van der Waals surface area contributed by atoms with Crippen molar-refractivity contribution in [3.05, 3.63) is 0 Å². The number of hydrogen-bond donors (Lipinski definition) is 1. The highest BCUT2D eigenvalue weighted by Gasteiger charge is 2.25. The van der Waals surface area contributed by atoms with Crippen molar-refractivity contribution in [2.24, 2.45) is 11.7 Å². The summed E-state index contributed by atoms with van der Waals surface area (Å²) in [7, 11) is 0. The predicted molar refractivity (Wildman–Crippen MR) is 69.4 cm³/mol. The zero-order chi connectivity index (χ0) is 11.4. The van der Waals surface area contributed by atoms with Crippen LogP contribution in [0.3, 0.4) is 0 Å². The molecule has 2 atom stereocenters. The zero-order valence-electron chi connectivity index (χ0n) is 10.8. The first kappa shape index (κ1) is 12.4. The van der Waals surface area contributed by atoms with E-state index in [1.54, 1.807) is 0 Å². The summed E-state index contributed by atoms with van der Waals surface area (Å²) in [5.41, 5.74) is 6.02. The molecule has 2 nitrogen and oxygen atoms in total. The summed E-state index contributed by atoms with van der Waals surface area (Å²) in [4.78, 5) is 2.69. The summed E-state index contributed by atoms with van der Waals surface area (Å²) in [6, 6.07) is 1.17. The third kappa shape index (κ3) is 3.46. The van der Waals surface area contributed by atoms with E-state index in [0.29, 0.717) is 12.1 Å². The second kappa shape index (κ2) is 6.02. The van der Waals surface area contributed by atoms with Gasteiger partial charge >= 0.3 is 0 Å². The van der Waals surface area contributed by atoms with Crippen LogP contribution in [0.1, 0.15) is 58.3 Å². The van der Waals surface area contributed by atoms with E-state index in [9.17, 15) is 0 Å². The van der Waals surface area contributed by atoms with Crippen molar-refractivity contribution in [2.75, 3.05) is 13.1 Å². The van der Waals surface area contributed by atoms with Crippen molar-refractivity contribution in [1.82, 2.24) is 4.90 Å². The van der Waals surface area contributed by atoms with Gasteiger partial charge in [0, 0.05) is 18.6 Å². The second-order valence-corrected chi connectivity index (χ2v) is 5.99. The SMILES string of the molecule is CC1CC(N)CCN1CC1CCCCCC1. The standard InChI is InChI=1S/C14H28N2/c1-12-10-14(15)8-9-16(12)11-13-6-4-2-3-5-7-13/h12-14H,2-11,15H2,1H3. The molecule has 0 spiro atoms. The Morgan fingerprint density at radius 3 is 2.38 bits per heavy atom. The fraction of sp³-hybridized carbons (Fsp3) is 1.00. The third-order valence-corrected chi connectivity index (χ3v) is 4.52. The van der Waals surface area contributed by atoms with Gasteiger partial charge in [-0.3, -0.25) is 0 Å². The molecule has 2 unspecified atom stereocenters. The van der Waals surface area contributed by atoms with Crippen LogP contribution in [-0.4, -0.2) is 30.1 Å². The van der Waals surface area contributed by atoms with Crippen molar-refractivity contribution < 1.29 is 0 Å². The van der Waals surface area contributed by atoms with E-state index >= 15 is 0 Å². The quantitative estimate of drug-likeness (QED) is 0.731. The molecule has 1 saturated heterocycles. The van der Waals surface area contributed by atoms with E-state index in [1.165, 1.54) is 64.5 Å². The molecule has 0 amide bonds. The molecule has 2 heteroatoms. The number of likely N-dealkylation sites (tertiary alicyclic amines) is 1. The summed E-state index contributed by atoms with van der Waals surface area (Å²) in [6.07, 6.45) is 11.2. The number of hydrogen-bond acceptors (Lipinski definition) is 2. The van der Waals surface area contributed by atoms with E-state index in [4.69, 9.17) is 5.73 Å². The van der Waals surface area contributed by atoms with Crippen LogP contribution in [0.5, 0.6) is 0 Å². The Hall–Kier alpha value is -0.0800. The Morgan fingerprint density at radius 2 is 1.75 bits per heavy atom. The van der Waals surface area contributed by atoms with E-state index in [1.807, 2.05) is 0 Å². The van der Waals surface area contributed by atoms with Crippen LogP contribution in [0.2, 0.25) is 0 Å². The van der Waals surface area contributed by atoms with Crippen molar-refractivity contribution in [3.8, 4) is 0 Å². The van der Waals surface area contributed by atoms with Gasteiger partial charge < -0.3 is 10.6 Å². The molecule has 2 aliphatic rings. The van der Waals surface area contributed by atoms with Gasteiger partial charge in [0.2, 0.25) is 0 Å².